The molecule has 0 atom stereocenters. The Hall–Kier alpha value is -1.62. The second-order valence-corrected chi connectivity index (χ2v) is 6.92. The third kappa shape index (κ3) is 4.20. The van der Waals surface area contributed by atoms with E-state index in [1.807, 2.05) is 0 Å². The quantitative estimate of drug-likeness (QED) is 0.588. The molecular formula is C15H15F6NO3S. The van der Waals surface area contributed by atoms with Crippen molar-refractivity contribution in [3.63, 3.8) is 0 Å². The molecule has 2 N–H and O–H groups in total. The number of rotatable bonds is 4. The van der Waals surface area contributed by atoms with Crippen LogP contribution in [0.4, 0.5) is 32.0 Å². The van der Waals surface area contributed by atoms with E-state index in [0.29, 0.717) is 25.0 Å². The highest BCUT2D eigenvalue weighted by Gasteiger charge is 2.71. The Kier molecular flexibility index (Phi) is 6.01. The van der Waals surface area contributed by atoms with Crippen molar-refractivity contribution >= 4 is 23.4 Å². The minimum Gasteiger partial charge on any atom is -0.369 e. The first-order valence-corrected chi connectivity index (χ1v) is 8.63. The lowest BCUT2D eigenvalue weighted by Gasteiger charge is -2.32. The van der Waals surface area contributed by atoms with Gasteiger partial charge in [0.15, 0.2) is 0 Å². The molecule has 0 amide bonds. The number of halogens is 6. The van der Waals surface area contributed by atoms with Crippen LogP contribution in [-0.2, 0) is 15.2 Å². The fraction of sp³-hybridized carbons (Fsp3) is 0.533. The van der Waals surface area contributed by atoms with Gasteiger partial charge in [-0.3, -0.25) is 0 Å². The average Bonchev–Trinajstić information content (AvgIpc) is 2.58. The van der Waals surface area contributed by atoms with E-state index in [9.17, 15) is 36.2 Å². The third-order valence-electron chi connectivity index (χ3n) is 3.95. The van der Waals surface area contributed by atoms with Gasteiger partial charge < -0.3 is 9.94 Å². The number of carbonyl (C=O) groups excluding carboxylic acids is 1. The molecule has 0 aromatic heterocycles. The summed E-state index contributed by atoms with van der Waals surface area (Å²) in [7, 11) is 0. The van der Waals surface area contributed by atoms with E-state index in [2.05, 4.69) is 5.48 Å². The lowest BCUT2D eigenvalue weighted by atomic mass is 9.92. The van der Waals surface area contributed by atoms with E-state index < -0.39 is 29.5 Å². The zero-order chi connectivity index (χ0) is 19.6. The maximum absolute atomic E-state index is 12.8. The SMILES string of the molecule is O=C(ONc1ccc(C(O)(C(F)(F)F)C(F)(F)F)cc1)C1CCSCC1. The van der Waals surface area contributed by atoms with Gasteiger partial charge in [-0.2, -0.15) is 38.1 Å². The van der Waals surface area contributed by atoms with Gasteiger partial charge in [-0.1, -0.05) is 12.1 Å². The van der Waals surface area contributed by atoms with Crippen LogP contribution in [0.5, 0.6) is 0 Å². The maximum atomic E-state index is 12.8. The predicted molar refractivity (Wildman–Crippen MR) is 82.2 cm³/mol. The largest absolute Gasteiger partial charge is 0.430 e. The molecule has 0 aliphatic carbocycles. The summed E-state index contributed by atoms with van der Waals surface area (Å²) in [5, 5.41) is 9.28. The molecule has 11 heteroatoms. The molecule has 1 aliphatic rings. The maximum Gasteiger partial charge on any atom is 0.430 e. The molecule has 0 unspecified atom stereocenters. The molecule has 1 aromatic rings. The number of hydrogen-bond donors (Lipinski definition) is 2. The van der Waals surface area contributed by atoms with E-state index in [4.69, 9.17) is 4.84 Å². The standard InChI is InChI=1S/C15H15F6NO3S/c16-14(17,18)13(24,15(19,20)21)10-1-3-11(4-2-10)22-25-12(23)9-5-7-26-8-6-9/h1-4,9,22,24H,5-8H2. The summed E-state index contributed by atoms with van der Waals surface area (Å²) in [6.07, 6.45) is -10.6. The Morgan fingerprint density at radius 2 is 1.54 bits per heavy atom. The summed E-state index contributed by atoms with van der Waals surface area (Å²) in [5.41, 5.74) is -4.21. The van der Waals surface area contributed by atoms with Crippen molar-refractivity contribution in [3.8, 4) is 0 Å². The topological polar surface area (TPSA) is 58.6 Å². The summed E-state index contributed by atoms with van der Waals surface area (Å²) >= 11 is 1.70. The van der Waals surface area contributed by atoms with Gasteiger partial charge in [-0.15, -0.1) is 0 Å². The molecule has 146 valence electrons. The first-order valence-electron chi connectivity index (χ1n) is 7.47. The van der Waals surface area contributed by atoms with Gasteiger partial charge in [0.1, 0.15) is 0 Å². The molecule has 2 rings (SSSR count). The fourth-order valence-corrected chi connectivity index (χ4v) is 3.50. The summed E-state index contributed by atoms with van der Waals surface area (Å²) in [6.45, 7) is 0. The van der Waals surface area contributed by atoms with Crippen molar-refractivity contribution in [1.82, 2.24) is 0 Å². The van der Waals surface area contributed by atoms with Crippen LogP contribution >= 0.6 is 11.8 Å². The molecule has 0 saturated carbocycles. The molecule has 1 fully saturated rings. The van der Waals surface area contributed by atoms with Crippen LogP contribution in [0.1, 0.15) is 18.4 Å². The van der Waals surface area contributed by atoms with Crippen LogP contribution in [0.2, 0.25) is 0 Å². The predicted octanol–water partition coefficient (Wildman–Crippen LogP) is 4.01. The number of thioether (sulfide) groups is 1. The van der Waals surface area contributed by atoms with Crippen LogP contribution in [0.25, 0.3) is 0 Å². The van der Waals surface area contributed by atoms with Crippen molar-refractivity contribution in [2.45, 2.75) is 30.8 Å². The summed E-state index contributed by atoms with van der Waals surface area (Å²) in [5.74, 6) is 0.768. The van der Waals surface area contributed by atoms with Gasteiger partial charge in [0, 0.05) is 5.56 Å². The number of carbonyl (C=O) groups is 1. The molecule has 0 bridgehead atoms. The molecule has 0 radical (unpaired) electrons. The van der Waals surface area contributed by atoms with Crippen molar-refractivity contribution in [2.75, 3.05) is 17.0 Å². The zero-order valence-corrected chi connectivity index (χ0v) is 14.0. The first kappa shape index (κ1) is 20.7. The Labute approximate surface area is 148 Å². The van der Waals surface area contributed by atoms with Gasteiger partial charge in [-0.05, 0) is 36.5 Å². The summed E-state index contributed by atoms with van der Waals surface area (Å²) in [6, 6.07) is 2.63. The molecule has 4 nitrogen and oxygen atoms in total. The molecule has 1 aromatic carbocycles. The van der Waals surface area contributed by atoms with E-state index in [1.54, 1.807) is 11.8 Å². The second-order valence-electron chi connectivity index (χ2n) is 5.69. The highest BCUT2D eigenvalue weighted by molar-refractivity contribution is 7.99. The van der Waals surface area contributed by atoms with Crippen molar-refractivity contribution < 1.29 is 41.1 Å². The Morgan fingerprint density at radius 1 is 1.04 bits per heavy atom. The smallest absolute Gasteiger partial charge is 0.369 e. The first-order chi connectivity index (χ1) is 12.0. The van der Waals surface area contributed by atoms with E-state index in [-0.39, 0.29) is 11.6 Å². The molecule has 0 spiro atoms. The van der Waals surface area contributed by atoms with E-state index in [1.165, 1.54) is 0 Å². The lowest BCUT2D eigenvalue weighted by molar-refractivity contribution is -0.376. The average molecular weight is 403 g/mol. The molecular weight excluding hydrogens is 388 g/mol. The lowest BCUT2D eigenvalue weighted by Crippen LogP contribution is -2.53. The monoisotopic (exact) mass is 403 g/mol. The number of nitrogens with one attached hydrogen (secondary N) is 1. The Bertz CT molecular complexity index is 612. The Morgan fingerprint density at radius 3 is 2.00 bits per heavy atom. The van der Waals surface area contributed by atoms with Gasteiger partial charge in [0.2, 0.25) is 0 Å². The van der Waals surface area contributed by atoms with Crippen LogP contribution < -0.4 is 5.48 Å². The fourth-order valence-electron chi connectivity index (χ4n) is 2.39. The van der Waals surface area contributed by atoms with Crippen molar-refractivity contribution in [2.24, 2.45) is 5.92 Å². The summed E-state index contributed by atoms with van der Waals surface area (Å²) in [4.78, 5) is 16.7. The van der Waals surface area contributed by atoms with Crippen molar-refractivity contribution in [3.05, 3.63) is 29.8 Å². The second kappa shape index (κ2) is 7.55. The zero-order valence-electron chi connectivity index (χ0n) is 13.2. The van der Waals surface area contributed by atoms with Gasteiger partial charge in [0.05, 0.1) is 11.6 Å². The molecule has 1 heterocycles. The summed E-state index contributed by atoms with van der Waals surface area (Å²) < 4.78 is 76.7. The molecule has 1 aliphatic heterocycles. The van der Waals surface area contributed by atoms with E-state index >= 15 is 0 Å². The number of benzene rings is 1. The van der Waals surface area contributed by atoms with Crippen LogP contribution in [-0.4, -0.2) is 34.9 Å². The molecule has 26 heavy (non-hydrogen) atoms. The number of anilines is 1. The normalized spacial score (nSPS) is 17.0. The van der Waals surface area contributed by atoms with Gasteiger partial charge in [-0.25, -0.2) is 10.3 Å². The van der Waals surface area contributed by atoms with Gasteiger partial charge in [0.25, 0.3) is 5.60 Å². The van der Waals surface area contributed by atoms with Crippen LogP contribution in [0.3, 0.4) is 0 Å². The third-order valence-corrected chi connectivity index (χ3v) is 5.00. The highest BCUT2D eigenvalue weighted by Crippen LogP contribution is 2.50. The van der Waals surface area contributed by atoms with Gasteiger partial charge >= 0.3 is 18.3 Å². The van der Waals surface area contributed by atoms with E-state index in [0.717, 1.165) is 23.6 Å². The number of aliphatic hydroxyl groups is 1. The van der Waals surface area contributed by atoms with Crippen molar-refractivity contribution in [1.29, 1.82) is 0 Å². The van der Waals surface area contributed by atoms with Crippen LogP contribution in [0.15, 0.2) is 24.3 Å². The highest BCUT2D eigenvalue weighted by atomic mass is 32.2. The van der Waals surface area contributed by atoms with Crippen LogP contribution in [0, 0.1) is 5.92 Å². The number of alkyl halides is 6. The molecule has 1 saturated heterocycles. The minimum atomic E-state index is -5.95. The Balaban J connectivity index is 2.08. The number of hydrogen-bond acceptors (Lipinski definition) is 5. The minimum absolute atomic E-state index is 0.0287.